The van der Waals surface area contributed by atoms with Crippen LogP contribution in [0.1, 0.15) is 25.7 Å². The topological polar surface area (TPSA) is 49.0 Å². The molecular weight excluding hydrogens is 328 g/mol. The Bertz CT molecular complexity index is 371. The second-order valence-electron chi connectivity index (χ2n) is 8.62. The second-order valence-corrected chi connectivity index (χ2v) is 8.62. The Morgan fingerprint density at radius 3 is 1.38 bits per heavy atom. The number of hydrogen-bond donors (Lipinski definition) is 2. The zero-order chi connectivity index (χ0) is 17.6. The SMILES string of the molecule is C(COCCOCCN[C@H]1CN2CCC1CC2)N[C@H]1CN2CCC1CC2. The van der Waals surface area contributed by atoms with Crippen molar-refractivity contribution in [1.29, 1.82) is 0 Å². The molecule has 0 aliphatic carbocycles. The lowest BCUT2D eigenvalue weighted by Gasteiger charge is -2.45. The summed E-state index contributed by atoms with van der Waals surface area (Å²) in [5, 5.41) is 7.38. The van der Waals surface area contributed by atoms with Crippen molar-refractivity contribution in [2.24, 2.45) is 11.8 Å². The standard InChI is InChI=1S/C20H38N4O2/c1-7-23-8-2-17(1)19(15-23)21-5-11-25-13-14-26-12-6-22-20-16-24-9-3-18(20)4-10-24/h17-22H,1-16H2/t19-,20-/m0/s1. The number of fused-ring (bicyclic) bond motifs is 6. The molecule has 6 heterocycles. The van der Waals surface area contributed by atoms with Gasteiger partial charge in [0.05, 0.1) is 26.4 Å². The van der Waals surface area contributed by atoms with E-state index in [1.165, 1.54) is 65.0 Å². The summed E-state index contributed by atoms with van der Waals surface area (Å²) in [5.41, 5.74) is 0. The Labute approximate surface area is 158 Å². The molecule has 26 heavy (non-hydrogen) atoms. The van der Waals surface area contributed by atoms with Crippen LogP contribution in [0.4, 0.5) is 0 Å². The number of hydrogen-bond acceptors (Lipinski definition) is 6. The Hall–Kier alpha value is -0.240. The van der Waals surface area contributed by atoms with Gasteiger partial charge in [-0.05, 0) is 63.7 Å². The molecule has 0 aromatic carbocycles. The molecule has 4 bridgehead atoms. The quantitative estimate of drug-likeness (QED) is 0.516. The largest absolute Gasteiger partial charge is 0.378 e. The molecule has 6 fully saturated rings. The van der Waals surface area contributed by atoms with Gasteiger partial charge in [-0.3, -0.25) is 0 Å². The van der Waals surface area contributed by atoms with E-state index in [2.05, 4.69) is 20.4 Å². The van der Waals surface area contributed by atoms with Gasteiger partial charge in [-0.15, -0.1) is 0 Å². The molecule has 0 unspecified atom stereocenters. The third-order valence-corrected chi connectivity index (χ3v) is 6.99. The van der Waals surface area contributed by atoms with Gasteiger partial charge in [0.1, 0.15) is 0 Å². The number of rotatable bonds is 11. The highest BCUT2D eigenvalue weighted by atomic mass is 16.5. The Morgan fingerprint density at radius 2 is 1.04 bits per heavy atom. The number of nitrogens with one attached hydrogen (secondary N) is 2. The van der Waals surface area contributed by atoms with Gasteiger partial charge in [0.2, 0.25) is 0 Å². The van der Waals surface area contributed by atoms with Gasteiger partial charge < -0.3 is 29.9 Å². The minimum absolute atomic E-state index is 0.690. The summed E-state index contributed by atoms with van der Waals surface area (Å²) in [6, 6.07) is 1.38. The van der Waals surface area contributed by atoms with Gasteiger partial charge in [-0.25, -0.2) is 0 Å². The van der Waals surface area contributed by atoms with Crippen molar-refractivity contribution in [3.63, 3.8) is 0 Å². The van der Waals surface area contributed by atoms with E-state index in [1.54, 1.807) is 0 Å². The second kappa shape index (κ2) is 9.80. The van der Waals surface area contributed by atoms with Crippen LogP contribution in [-0.4, -0.2) is 101 Å². The molecule has 0 amide bonds. The van der Waals surface area contributed by atoms with Crippen LogP contribution in [0.5, 0.6) is 0 Å². The maximum Gasteiger partial charge on any atom is 0.0701 e. The van der Waals surface area contributed by atoms with Crippen LogP contribution < -0.4 is 10.6 Å². The first-order valence-corrected chi connectivity index (χ1v) is 11.0. The van der Waals surface area contributed by atoms with E-state index in [9.17, 15) is 0 Å². The van der Waals surface area contributed by atoms with Crippen LogP contribution in [0, 0.1) is 11.8 Å². The molecule has 0 aromatic rings. The molecule has 2 atom stereocenters. The normalized spacial score (nSPS) is 38.8. The predicted octanol–water partition coefficient (Wildman–Crippen LogP) is 0.387. The summed E-state index contributed by atoms with van der Waals surface area (Å²) in [5.74, 6) is 1.79. The average molecular weight is 367 g/mol. The zero-order valence-corrected chi connectivity index (χ0v) is 16.3. The van der Waals surface area contributed by atoms with Crippen molar-refractivity contribution in [3.8, 4) is 0 Å². The van der Waals surface area contributed by atoms with Gasteiger partial charge in [-0.1, -0.05) is 0 Å². The monoisotopic (exact) mass is 366 g/mol. The Balaban J connectivity index is 0.946. The maximum absolute atomic E-state index is 5.71. The highest BCUT2D eigenvalue weighted by molar-refractivity contribution is 4.91. The van der Waals surface area contributed by atoms with E-state index in [1.807, 2.05) is 0 Å². The highest BCUT2D eigenvalue weighted by Gasteiger charge is 2.34. The van der Waals surface area contributed by atoms with E-state index in [0.717, 1.165) is 38.1 Å². The molecule has 6 heteroatoms. The average Bonchev–Trinajstić information content (AvgIpc) is 2.71. The number of piperidine rings is 6. The maximum atomic E-state index is 5.71. The molecule has 0 saturated carbocycles. The van der Waals surface area contributed by atoms with Crippen molar-refractivity contribution in [3.05, 3.63) is 0 Å². The number of nitrogens with zero attached hydrogens (tertiary/aromatic N) is 2. The molecular formula is C20H38N4O2. The molecule has 6 rings (SSSR count). The fourth-order valence-electron chi connectivity index (χ4n) is 5.35. The Morgan fingerprint density at radius 1 is 0.615 bits per heavy atom. The van der Waals surface area contributed by atoms with Gasteiger partial charge in [0.25, 0.3) is 0 Å². The molecule has 6 nitrogen and oxygen atoms in total. The Kier molecular flexibility index (Phi) is 7.20. The van der Waals surface area contributed by atoms with E-state index in [0.29, 0.717) is 25.3 Å². The lowest BCUT2D eigenvalue weighted by atomic mass is 9.84. The van der Waals surface area contributed by atoms with E-state index < -0.39 is 0 Å². The molecule has 0 radical (unpaired) electrons. The molecule has 6 saturated heterocycles. The van der Waals surface area contributed by atoms with Crippen LogP contribution >= 0.6 is 0 Å². The van der Waals surface area contributed by atoms with Crippen molar-refractivity contribution < 1.29 is 9.47 Å². The first-order chi connectivity index (χ1) is 12.9. The minimum Gasteiger partial charge on any atom is -0.378 e. The minimum atomic E-state index is 0.690. The van der Waals surface area contributed by atoms with Gasteiger partial charge in [-0.2, -0.15) is 0 Å². The van der Waals surface area contributed by atoms with Crippen LogP contribution in [0.3, 0.4) is 0 Å². The molecule has 0 spiro atoms. The van der Waals surface area contributed by atoms with Crippen LogP contribution in [0.15, 0.2) is 0 Å². The highest BCUT2D eigenvalue weighted by Crippen LogP contribution is 2.28. The first kappa shape index (κ1) is 19.1. The molecule has 0 aromatic heterocycles. The summed E-state index contributed by atoms with van der Waals surface area (Å²) in [6.45, 7) is 12.7. The summed E-state index contributed by atoms with van der Waals surface area (Å²) >= 11 is 0. The number of ether oxygens (including phenoxy) is 2. The predicted molar refractivity (Wildman–Crippen MR) is 104 cm³/mol. The zero-order valence-electron chi connectivity index (χ0n) is 16.3. The fourth-order valence-corrected chi connectivity index (χ4v) is 5.35. The molecule has 6 aliphatic heterocycles. The lowest BCUT2D eigenvalue weighted by molar-refractivity contribution is 0.0354. The van der Waals surface area contributed by atoms with E-state index in [-0.39, 0.29) is 0 Å². The van der Waals surface area contributed by atoms with Crippen molar-refractivity contribution in [2.45, 2.75) is 37.8 Å². The van der Waals surface area contributed by atoms with Crippen LogP contribution in [-0.2, 0) is 9.47 Å². The van der Waals surface area contributed by atoms with Crippen LogP contribution in [0.2, 0.25) is 0 Å². The molecule has 150 valence electrons. The van der Waals surface area contributed by atoms with E-state index >= 15 is 0 Å². The summed E-state index contributed by atoms with van der Waals surface area (Å²) in [6.07, 6.45) is 5.50. The third kappa shape index (κ3) is 5.18. The van der Waals surface area contributed by atoms with Gasteiger partial charge in [0.15, 0.2) is 0 Å². The lowest BCUT2D eigenvalue weighted by Crippen LogP contribution is -2.56. The van der Waals surface area contributed by atoms with Crippen molar-refractivity contribution in [1.82, 2.24) is 20.4 Å². The summed E-state index contributed by atoms with van der Waals surface area (Å²) < 4.78 is 11.4. The van der Waals surface area contributed by atoms with Crippen molar-refractivity contribution in [2.75, 3.05) is 78.8 Å². The van der Waals surface area contributed by atoms with Gasteiger partial charge >= 0.3 is 0 Å². The third-order valence-electron chi connectivity index (χ3n) is 6.99. The van der Waals surface area contributed by atoms with Gasteiger partial charge in [0, 0.05) is 38.3 Å². The first-order valence-electron chi connectivity index (χ1n) is 11.0. The molecule has 6 aliphatic rings. The summed E-state index contributed by atoms with van der Waals surface area (Å²) in [4.78, 5) is 5.19. The fraction of sp³-hybridized carbons (Fsp3) is 1.00. The molecule has 2 N–H and O–H groups in total. The smallest absolute Gasteiger partial charge is 0.0701 e. The van der Waals surface area contributed by atoms with Crippen molar-refractivity contribution >= 4 is 0 Å². The van der Waals surface area contributed by atoms with Crippen LogP contribution in [0.25, 0.3) is 0 Å². The summed E-state index contributed by atoms with van der Waals surface area (Å²) in [7, 11) is 0. The van der Waals surface area contributed by atoms with E-state index in [4.69, 9.17) is 9.47 Å².